The Kier molecular flexibility index (Phi) is 25.0. The summed E-state index contributed by atoms with van der Waals surface area (Å²) in [6.45, 7) is 16.8. The van der Waals surface area contributed by atoms with Gasteiger partial charge in [0.15, 0.2) is 5.58 Å². The lowest BCUT2D eigenvalue weighted by molar-refractivity contribution is -0.134. The van der Waals surface area contributed by atoms with Crippen molar-refractivity contribution in [3.05, 3.63) is 83.2 Å². The van der Waals surface area contributed by atoms with Gasteiger partial charge in [0.1, 0.15) is 17.4 Å². The number of piperazine rings is 1. The maximum absolute atomic E-state index is 14.9. The van der Waals surface area contributed by atoms with E-state index in [-0.39, 0.29) is 75.2 Å². The van der Waals surface area contributed by atoms with Crippen molar-refractivity contribution in [1.82, 2.24) is 36.1 Å². The molecule has 3 atom stereocenters. The lowest BCUT2D eigenvalue weighted by Gasteiger charge is -2.40. The van der Waals surface area contributed by atoms with Crippen LogP contribution >= 0.6 is 0 Å². The van der Waals surface area contributed by atoms with Gasteiger partial charge in [-0.3, -0.25) is 24.1 Å². The van der Waals surface area contributed by atoms with Gasteiger partial charge in [-0.15, -0.1) is 0 Å². The minimum absolute atomic E-state index is 0.0232. The van der Waals surface area contributed by atoms with Crippen LogP contribution in [-0.2, 0) is 56.0 Å². The van der Waals surface area contributed by atoms with Gasteiger partial charge in [-0.05, 0) is 67.1 Å². The lowest BCUT2D eigenvalue weighted by atomic mass is 9.88. The molecule has 0 bridgehead atoms. The molecule has 3 fully saturated rings. The second-order valence-electron chi connectivity index (χ2n) is 20.5. The number of halogens is 1. The van der Waals surface area contributed by atoms with Crippen LogP contribution in [0.2, 0.25) is 0 Å². The summed E-state index contributed by atoms with van der Waals surface area (Å²) in [5, 5.41) is 10.8. The van der Waals surface area contributed by atoms with E-state index in [2.05, 4.69) is 61.9 Å². The van der Waals surface area contributed by atoms with Gasteiger partial charge in [0, 0.05) is 108 Å². The Labute approximate surface area is 474 Å². The first kappa shape index (κ1) is 62.0. The second-order valence-corrected chi connectivity index (χ2v) is 20.5. The molecular formula is C58H84FN11O11. The summed E-state index contributed by atoms with van der Waals surface area (Å²) in [4.78, 5) is 78.9. The smallest absolute Gasteiger partial charge is 0.312 e. The molecule has 8 rings (SSSR count). The van der Waals surface area contributed by atoms with Crippen LogP contribution in [0, 0.1) is 5.82 Å². The molecule has 3 saturated heterocycles. The van der Waals surface area contributed by atoms with Gasteiger partial charge in [0.25, 0.3) is 6.01 Å². The molecule has 0 saturated carbocycles. The molecule has 23 heteroatoms. The van der Waals surface area contributed by atoms with Crippen molar-refractivity contribution in [2.45, 2.75) is 84.0 Å². The standard InChI is InChI=1S/C55H76FN11O11.C3H8/c1-2-73-26-27-76-30-31-77-29-28-74-23-14-52(70)64-19-17-63(18-20-64)38-51(69)59-35-50(68)61-46(4-3-15-58-54(57)72)53(71)60-34-39-5-7-40(8-6-39)36-67-47-13-16-66(37-44(47)43-11-9-41(56)32-48(43)67)42-10-12-45-49(33-42)78-55(62-45)65-21-24-75-25-22-65;1-3-2/h5-12,32-33,44,46-47H,2-4,13-31,34-38H2,1H3,(H,59,69)(H,60,71)(H,61,68)(H3,57,58,72);3H2,1-2H3. The third-order valence-electron chi connectivity index (χ3n) is 14.5. The Morgan fingerprint density at radius 3 is 2.16 bits per heavy atom. The zero-order valence-corrected chi connectivity index (χ0v) is 47.4. The summed E-state index contributed by atoms with van der Waals surface area (Å²) >= 11 is 0. The number of primary amides is 1. The van der Waals surface area contributed by atoms with Gasteiger partial charge in [-0.25, -0.2) is 9.18 Å². The van der Waals surface area contributed by atoms with E-state index in [9.17, 15) is 28.4 Å². The molecule has 6 N–H and O–H groups in total. The van der Waals surface area contributed by atoms with Crippen LogP contribution in [0.1, 0.15) is 75.5 Å². The molecule has 4 aliphatic rings. The number of piperidine rings is 1. The van der Waals surface area contributed by atoms with E-state index in [0.717, 1.165) is 71.8 Å². The van der Waals surface area contributed by atoms with Crippen molar-refractivity contribution < 1.29 is 56.5 Å². The van der Waals surface area contributed by atoms with Crippen LogP contribution in [0.4, 0.5) is 26.6 Å². The van der Waals surface area contributed by atoms with E-state index in [4.69, 9.17) is 38.8 Å². The molecule has 1 aromatic heterocycles. The van der Waals surface area contributed by atoms with E-state index in [1.165, 1.54) is 6.42 Å². The highest BCUT2D eigenvalue weighted by Gasteiger charge is 2.42. The first-order valence-electron chi connectivity index (χ1n) is 28.7. The highest BCUT2D eigenvalue weighted by Crippen LogP contribution is 2.46. The van der Waals surface area contributed by atoms with E-state index >= 15 is 0 Å². The summed E-state index contributed by atoms with van der Waals surface area (Å²) in [7, 11) is 0. The van der Waals surface area contributed by atoms with Gasteiger partial charge in [-0.2, -0.15) is 4.98 Å². The van der Waals surface area contributed by atoms with Crippen molar-refractivity contribution in [3.63, 3.8) is 0 Å². The molecule has 0 radical (unpaired) electrons. The number of carbonyl (C=O) groups excluding carboxylic acids is 5. The fourth-order valence-corrected chi connectivity index (χ4v) is 10.3. The fraction of sp³-hybridized carbons (Fsp3) is 0.586. The Bertz CT molecular complexity index is 2610. The molecule has 6 amide bonds. The number of carbonyl (C=O) groups is 5. The van der Waals surface area contributed by atoms with Crippen LogP contribution in [0.5, 0.6) is 0 Å². The topological polar surface area (TPSA) is 248 Å². The summed E-state index contributed by atoms with van der Waals surface area (Å²) in [6, 6.07) is 18.3. The Balaban J connectivity index is 0.00000308. The normalized spacial score (nSPS) is 17.4. The average molecular weight is 1130 g/mol. The fourth-order valence-electron chi connectivity index (χ4n) is 10.3. The maximum Gasteiger partial charge on any atom is 0.312 e. The highest BCUT2D eigenvalue weighted by atomic mass is 19.1. The number of rotatable bonds is 29. The number of nitrogens with two attached hydrogens (primary N) is 1. The first-order chi connectivity index (χ1) is 39.4. The number of aromatic nitrogens is 1. The quantitative estimate of drug-likeness (QED) is 0.0484. The van der Waals surface area contributed by atoms with Gasteiger partial charge in [0.05, 0.1) is 79.0 Å². The highest BCUT2D eigenvalue weighted by molar-refractivity contribution is 5.90. The number of nitrogens with one attached hydrogen (secondary N) is 4. The van der Waals surface area contributed by atoms with Crippen molar-refractivity contribution in [3.8, 4) is 0 Å². The molecule has 0 spiro atoms. The van der Waals surface area contributed by atoms with Crippen molar-refractivity contribution in [1.29, 1.82) is 0 Å². The van der Waals surface area contributed by atoms with Gasteiger partial charge >= 0.3 is 6.03 Å². The molecule has 4 aromatic rings. The molecule has 0 aliphatic carbocycles. The van der Waals surface area contributed by atoms with E-state index in [1.54, 1.807) is 17.0 Å². The van der Waals surface area contributed by atoms with E-state index in [1.807, 2.05) is 48.2 Å². The molecule has 3 unspecified atom stereocenters. The average Bonchev–Trinajstić information content (AvgIpc) is 4.17. The summed E-state index contributed by atoms with van der Waals surface area (Å²) in [5.74, 6) is -1.49. The van der Waals surface area contributed by atoms with Crippen LogP contribution in [0.15, 0.2) is 65.1 Å². The number of oxazole rings is 1. The van der Waals surface area contributed by atoms with Crippen molar-refractivity contribution in [2.75, 3.05) is 153 Å². The van der Waals surface area contributed by atoms with Crippen molar-refractivity contribution in [2.24, 2.45) is 5.73 Å². The Morgan fingerprint density at radius 2 is 1.46 bits per heavy atom. The minimum Gasteiger partial charge on any atom is -0.423 e. The van der Waals surface area contributed by atoms with Crippen LogP contribution < -0.4 is 41.7 Å². The lowest BCUT2D eigenvalue weighted by Crippen LogP contribution is -2.52. The number of benzene rings is 3. The van der Waals surface area contributed by atoms with E-state index < -0.39 is 23.9 Å². The zero-order valence-electron chi connectivity index (χ0n) is 47.4. The van der Waals surface area contributed by atoms with Crippen LogP contribution in [-0.4, -0.2) is 195 Å². The SMILES string of the molecule is CCC.CCOCCOCCOCCOCCC(=O)N1CCN(CC(=O)NCC(=O)NC(CCCNC(N)=O)C(=O)NCc2ccc(CN3c4cc(F)ccc4C4CN(c5ccc6nc(N7CCOCC7)oc6c5)CCC43)cc2)CC1. The number of hydrogen-bond donors (Lipinski definition) is 5. The first-order valence-corrected chi connectivity index (χ1v) is 28.7. The summed E-state index contributed by atoms with van der Waals surface area (Å²) < 4.78 is 48.3. The van der Waals surface area contributed by atoms with Crippen LogP contribution in [0.3, 0.4) is 0 Å². The predicted octanol–water partition coefficient (Wildman–Crippen LogP) is 3.89. The molecule has 444 valence electrons. The predicted molar refractivity (Wildman–Crippen MR) is 306 cm³/mol. The third-order valence-corrected chi connectivity index (χ3v) is 14.5. The monoisotopic (exact) mass is 1130 g/mol. The molecule has 81 heavy (non-hydrogen) atoms. The number of urea groups is 1. The zero-order chi connectivity index (χ0) is 57.3. The number of ether oxygens (including phenoxy) is 5. The maximum atomic E-state index is 14.9. The largest absolute Gasteiger partial charge is 0.423 e. The van der Waals surface area contributed by atoms with Crippen molar-refractivity contribution >= 4 is 58.1 Å². The second kappa shape index (κ2) is 32.7. The molecule has 3 aromatic carbocycles. The molecule has 4 aliphatic heterocycles. The number of nitrogens with zero attached hydrogens (tertiary/aromatic N) is 6. The van der Waals surface area contributed by atoms with Gasteiger partial charge in [-0.1, -0.05) is 50.6 Å². The third kappa shape index (κ3) is 19.2. The number of amides is 6. The Morgan fingerprint density at radius 1 is 0.765 bits per heavy atom. The minimum atomic E-state index is -0.956. The number of morpholine rings is 1. The number of fused-ring (bicyclic) bond motifs is 4. The molecule has 5 heterocycles. The van der Waals surface area contributed by atoms with Crippen LogP contribution in [0.25, 0.3) is 11.1 Å². The molecular weight excluding hydrogens is 1050 g/mol. The Hall–Kier alpha value is -6.63. The molecule has 22 nitrogen and oxygen atoms in total. The number of hydrogen-bond acceptors (Lipinski definition) is 16. The summed E-state index contributed by atoms with van der Waals surface area (Å²) in [5.41, 5.74) is 11.7. The van der Waals surface area contributed by atoms with Gasteiger partial charge in [0.2, 0.25) is 23.6 Å². The van der Waals surface area contributed by atoms with E-state index in [0.29, 0.717) is 105 Å². The van der Waals surface area contributed by atoms with Gasteiger partial charge < -0.3 is 74.7 Å². The number of anilines is 3. The summed E-state index contributed by atoms with van der Waals surface area (Å²) in [6.07, 6.45) is 2.91.